The molecule has 6 unspecified atom stereocenters. The van der Waals surface area contributed by atoms with E-state index < -0.39 is 30.4 Å². The highest BCUT2D eigenvalue weighted by Crippen LogP contribution is 2.16. The minimum atomic E-state index is -0.589. The Hall–Kier alpha value is -3.64. The second-order valence-corrected chi connectivity index (χ2v) is 20.8. The van der Waals surface area contributed by atoms with Gasteiger partial charge < -0.3 is 36.0 Å². The highest BCUT2D eigenvalue weighted by atomic mass is 16.3. The SMILES string of the molecule is CC/C=C\C/C=C\C/C=C\CC(O)CN(CCCCC1NC(=O)C(CCCCN(CC(O)C/C=C\C/C=C\C/C=C\CC)CC(O)C/C=C\C/C=C\C/C=C\CC)NC1=O)CCC(O)CCCCCCCCCCC. The number of rotatable bonds is 50. The Morgan fingerprint density at radius 3 is 1.09 bits per heavy atom. The van der Waals surface area contributed by atoms with Crippen LogP contribution in [0.3, 0.4) is 0 Å². The third-order valence-electron chi connectivity index (χ3n) is 13.6. The molecule has 0 aromatic carbocycles. The second-order valence-electron chi connectivity index (χ2n) is 20.8. The highest BCUT2D eigenvalue weighted by molar-refractivity contribution is 5.96. The maximum Gasteiger partial charge on any atom is 0.243 e. The number of unbranched alkanes of at least 4 members (excludes halogenated alkanes) is 10. The smallest absolute Gasteiger partial charge is 0.243 e. The first kappa shape index (κ1) is 69.4. The summed E-state index contributed by atoms with van der Waals surface area (Å²) < 4.78 is 0. The van der Waals surface area contributed by atoms with Crippen LogP contribution in [0.15, 0.2) is 109 Å². The molecule has 0 saturated carbocycles. The summed E-state index contributed by atoms with van der Waals surface area (Å²) in [6.07, 6.45) is 63.2. The average Bonchev–Trinajstić information content (AvgIpc) is 3.39. The molecule has 0 aromatic rings. The van der Waals surface area contributed by atoms with Gasteiger partial charge in [0.15, 0.2) is 0 Å². The fourth-order valence-corrected chi connectivity index (χ4v) is 9.17. The number of piperazine rings is 1. The molecule has 2 amide bonds. The van der Waals surface area contributed by atoms with Gasteiger partial charge in [-0.1, -0.05) is 195 Å². The third kappa shape index (κ3) is 43.1. The van der Waals surface area contributed by atoms with Crippen molar-refractivity contribution >= 4 is 11.8 Å². The van der Waals surface area contributed by atoms with E-state index in [0.717, 1.165) is 103 Å². The molecular weight excluding hydrogens is 933 g/mol. The Morgan fingerprint density at radius 1 is 0.373 bits per heavy atom. The van der Waals surface area contributed by atoms with Crippen molar-refractivity contribution in [3.63, 3.8) is 0 Å². The molecule has 1 aliphatic rings. The molecule has 75 heavy (non-hydrogen) atoms. The lowest BCUT2D eigenvalue weighted by Crippen LogP contribution is -2.61. The number of carbonyl (C=O) groups excluding carboxylic acids is 2. The molecule has 0 aromatic heterocycles. The van der Waals surface area contributed by atoms with Crippen molar-refractivity contribution in [3.05, 3.63) is 109 Å². The van der Waals surface area contributed by atoms with Crippen LogP contribution >= 0.6 is 0 Å². The van der Waals surface area contributed by atoms with Crippen LogP contribution in [-0.4, -0.2) is 118 Å². The van der Waals surface area contributed by atoms with Crippen LogP contribution in [0.2, 0.25) is 0 Å². The maximum absolute atomic E-state index is 13.3. The lowest BCUT2D eigenvalue weighted by atomic mass is 10.0. The average molecular weight is 1050 g/mol. The molecule has 428 valence electrons. The van der Waals surface area contributed by atoms with Gasteiger partial charge in [-0.05, 0) is 142 Å². The number of nitrogens with zero attached hydrogens (tertiary/aromatic N) is 2. The topological polar surface area (TPSA) is 146 Å². The van der Waals surface area contributed by atoms with Crippen molar-refractivity contribution in [2.45, 2.75) is 250 Å². The van der Waals surface area contributed by atoms with E-state index in [9.17, 15) is 30.0 Å². The van der Waals surface area contributed by atoms with Crippen LogP contribution in [0.1, 0.15) is 214 Å². The van der Waals surface area contributed by atoms with Crippen LogP contribution in [0, 0.1) is 0 Å². The molecule has 6 N–H and O–H groups in total. The fraction of sp³-hybridized carbons (Fsp3) is 0.692. The normalized spacial score (nSPS) is 17.7. The zero-order chi connectivity index (χ0) is 54.7. The molecular formula is C65H112N4O6. The molecule has 10 heteroatoms. The molecule has 1 aliphatic heterocycles. The minimum absolute atomic E-state index is 0.146. The summed E-state index contributed by atoms with van der Waals surface area (Å²) in [6.45, 7) is 12.1. The van der Waals surface area contributed by atoms with Gasteiger partial charge in [-0.3, -0.25) is 14.5 Å². The first-order chi connectivity index (χ1) is 36.6. The van der Waals surface area contributed by atoms with Crippen LogP contribution in [0.4, 0.5) is 0 Å². The zero-order valence-electron chi connectivity index (χ0n) is 48.1. The molecule has 0 spiro atoms. The first-order valence-corrected chi connectivity index (χ1v) is 30.3. The summed E-state index contributed by atoms with van der Waals surface area (Å²) >= 11 is 0. The molecule has 1 saturated heterocycles. The number of hydrogen-bond acceptors (Lipinski definition) is 8. The van der Waals surface area contributed by atoms with Crippen molar-refractivity contribution in [2.24, 2.45) is 0 Å². The predicted octanol–water partition coefficient (Wildman–Crippen LogP) is 13.4. The highest BCUT2D eigenvalue weighted by Gasteiger charge is 2.33. The molecule has 1 fully saturated rings. The van der Waals surface area contributed by atoms with E-state index in [1.165, 1.54) is 44.9 Å². The quantitative estimate of drug-likeness (QED) is 0.0261. The van der Waals surface area contributed by atoms with E-state index in [0.29, 0.717) is 77.7 Å². The summed E-state index contributed by atoms with van der Waals surface area (Å²) in [5, 5.41) is 49.9. The largest absolute Gasteiger partial charge is 0.393 e. The summed E-state index contributed by atoms with van der Waals surface area (Å²) in [5.41, 5.74) is 0. The van der Waals surface area contributed by atoms with Crippen molar-refractivity contribution in [2.75, 3.05) is 39.3 Å². The summed E-state index contributed by atoms with van der Waals surface area (Å²) in [5.74, 6) is -0.296. The van der Waals surface area contributed by atoms with E-state index in [1.54, 1.807) is 0 Å². The number of hydrogen-bond donors (Lipinski definition) is 6. The molecule has 0 aliphatic carbocycles. The predicted molar refractivity (Wildman–Crippen MR) is 320 cm³/mol. The van der Waals surface area contributed by atoms with E-state index >= 15 is 0 Å². The Kier molecular flexibility index (Phi) is 47.3. The van der Waals surface area contributed by atoms with Gasteiger partial charge in [0.05, 0.1) is 24.4 Å². The Labute approximate surface area is 459 Å². The first-order valence-electron chi connectivity index (χ1n) is 30.3. The van der Waals surface area contributed by atoms with Crippen molar-refractivity contribution in [1.82, 2.24) is 20.4 Å². The number of aliphatic hydroxyl groups excluding tert-OH is 4. The number of allylic oxidation sites excluding steroid dienone is 15. The monoisotopic (exact) mass is 1040 g/mol. The third-order valence-corrected chi connectivity index (χ3v) is 13.6. The molecule has 0 bridgehead atoms. The second kappa shape index (κ2) is 51.1. The zero-order valence-corrected chi connectivity index (χ0v) is 48.1. The summed E-state index contributed by atoms with van der Waals surface area (Å²) in [4.78, 5) is 31.0. The van der Waals surface area contributed by atoms with Crippen molar-refractivity contribution < 1.29 is 30.0 Å². The standard InChI is InChI=1S/C65H112N4O6/c1-5-9-13-17-21-25-29-33-37-45-58(70)51-54-68(55-59(71)46-38-34-30-26-22-18-14-10-6-2)52-43-41-49-62-64(74)67-63(65(75)66-62)50-42-44-53-69(56-60(72)47-39-35-31-27-23-19-15-11-7-3)57-61(73)48-40-36-32-28-24-20-16-12-8-4/h10-12,14-16,22-24,26-28,34-36,38-40,58-63,70-73H,5-9,13,17-21,25,29-33,37,41-57H2,1-4H3,(H,66,75)(H,67,74)/b14-10-,15-11-,16-12-,26-22-,27-23-,28-24-,38-34-,39-35-,40-36-. The molecule has 6 atom stereocenters. The van der Waals surface area contributed by atoms with E-state index in [-0.39, 0.29) is 17.9 Å². The Balaban J connectivity index is 2.70. The van der Waals surface area contributed by atoms with Gasteiger partial charge >= 0.3 is 0 Å². The van der Waals surface area contributed by atoms with Gasteiger partial charge in [-0.2, -0.15) is 0 Å². The Morgan fingerprint density at radius 2 is 0.707 bits per heavy atom. The van der Waals surface area contributed by atoms with Gasteiger partial charge in [0.2, 0.25) is 11.8 Å². The van der Waals surface area contributed by atoms with Crippen LogP contribution in [0.5, 0.6) is 0 Å². The van der Waals surface area contributed by atoms with Crippen molar-refractivity contribution in [3.8, 4) is 0 Å². The lowest BCUT2D eigenvalue weighted by molar-refractivity contribution is -0.137. The number of aliphatic hydroxyl groups is 4. The maximum atomic E-state index is 13.3. The molecule has 1 heterocycles. The lowest BCUT2D eigenvalue weighted by Gasteiger charge is -2.30. The van der Waals surface area contributed by atoms with Gasteiger partial charge in [0.25, 0.3) is 0 Å². The number of nitrogens with one attached hydrogen (secondary N) is 2. The molecule has 0 radical (unpaired) electrons. The van der Waals surface area contributed by atoms with Gasteiger partial charge in [-0.25, -0.2) is 0 Å². The molecule has 1 rings (SSSR count). The minimum Gasteiger partial charge on any atom is -0.393 e. The van der Waals surface area contributed by atoms with E-state index in [1.807, 2.05) is 12.2 Å². The van der Waals surface area contributed by atoms with Crippen LogP contribution in [0.25, 0.3) is 0 Å². The van der Waals surface area contributed by atoms with Crippen molar-refractivity contribution in [1.29, 1.82) is 0 Å². The number of amides is 2. The van der Waals surface area contributed by atoms with Gasteiger partial charge in [0, 0.05) is 26.2 Å². The molecule has 10 nitrogen and oxygen atoms in total. The fourth-order valence-electron chi connectivity index (χ4n) is 9.17. The van der Waals surface area contributed by atoms with Crippen LogP contribution < -0.4 is 10.6 Å². The number of carbonyl (C=O) groups is 2. The summed E-state index contributed by atoms with van der Waals surface area (Å²) in [7, 11) is 0. The van der Waals surface area contributed by atoms with Gasteiger partial charge in [0.1, 0.15) is 12.1 Å². The summed E-state index contributed by atoms with van der Waals surface area (Å²) in [6, 6.07) is -1.17. The van der Waals surface area contributed by atoms with E-state index in [4.69, 9.17) is 0 Å². The van der Waals surface area contributed by atoms with E-state index in [2.05, 4.69) is 145 Å². The Bertz CT molecular complexity index is 1580. The van der Waals surface area contributed by atoms with Crippen LogP contribution in [-0.2, 0) is 9.59 Å². The van der Waals surface area contributed by atoms with Gasteiger partial charge in [-0.15, -0.1) is 0 Å².